The highest BCUT2D eigenvalue weighted by Gasteiger charge is 2.46. The second-order valence-corrected chi connectivity index (χ2v) is 9.02. The van der Waals surface area contributed by atoms with Gasteiger partial charge in [-0.2, -0.15) is 5.10 Å². The Labute approximate surface area is 171 Å². The Morgan fingerprint density at radius 3 is 2.30 bits per heavy atom. The summed E-state index contributed by atoms with van der Waals surface area (Å²) >= 11 is 9.53. The molecule has 1 aliphatic heterocycles. The summed E-state index contributed by atoms with van der Waals surface area (Å²) in [5, 5.41) is 8.12. The number of hydrogen-bond donors (Lipinski definition) is 1. The van der Waals surface area contributed by atoms with Crippen LogP contribution in [0.15, 0.2) is 53.0 Å². The molecule has 4 rings (SSSR count). The number of nitrogens with zero attached hydrogens (tertiary/aromatic N) is 2. The maximum absolute atomic E-state index is 13.2. The molecule has 0 spiro atoms. The van der Waals surface area contributed by atoms with E-state index in [1.165, 1.54) is 0 Å². The molecule has 138 valence electrons. The maximum atomic E-state index is 13.2. The van der Waals surface area contributed by atoms with Gasteiger partial charge in [-0.15, -0.1) is 0 Å². The minimum atomic E-state index is -0.341. The van der Waals surface area contributed by atoms with Crippen molar-refractivity contribution in [1.29, 1.82) is 0 Å². The summed E-state index contributed by atoms with van der Waals surface area (Å²) in [6.45, 7) is 6.16. The standard InChI is InChI=1S/C21H19BrClN3O/c1-21(2,3)26-19(13-4-8-14(22)9-5-13)16-17(24-25-18(16)20(26)27)12-6-10-15(23)11-7-12/h4-11,19H,1-3H3,(H,24,25). The van der Waals surface area contributed by atoms with Gasteiger partial charge in [-0.3, -0.25) is 9.89 Å². The van der Waals surface area contributed by atoms with Crippen molar-refractivity contribution in [2.24, 2.45) is 0 Å². The van der Waals surface area contributed by atoms with Crippen LogP contribution in [0.25, 0.3) is 11.3 Å². The van der Waals surface area contributed by atoms with E-state index in [0.29, 0.717) is 10.7 Å². The number of rotatable bonds is 2. The predicted octanol–water partition coefficient (Wildman–Crippen LogP) is 5.84. The molecular formula is C21H19BrClN3O. The summed E-state index contributed by atoms with van der Waals surface area (Å²) in [6.07, 6.45) is 0. The van der Waals surface area contributed by atoms with Crippen LogP contribution in [0.4, 0.5) is 0 Å². The molecule has 0 saturated carbocycles. The zero-order valence-electron chi connectivity index (χ0n) is 15.3. The molecule has 1 amide bonds. The van der Waals surface area contributed by atoms with Crippen molar-refractivity contribution in [3.05, 3.63) is 74.8 Å². The molecule has 1 aromatic heterocycles. The number of aromatic nitrogens is 2. The highest BCUT2D eigenvalue weighted by atomic mass is 79.9. The summed E-state index contributed by atoms with van der Waals surface area (Å²) in [5.41, 5.74) is 3.91. The summed E-state index contributed by atoms with van der Waals surface area (Å²) in [7, 11) is 0. The third-order valence-electron chi connectivity index (χ3n) is 4.79. The van der Waals surface area contributed by atoms with E-state index in [1.54, 1.807) is 0 Å². The summed E-state index contributed by atoms with van der Waals surface area (Å²) in [4.78, 5) is 15.1. The third kappa shape index (κ3) is 3.09. The number of benzene rings is 2. The van der Waals surface area contributed by atoms with Gasteiger partial charge in [0.05, 0.1) is 11.7 Å². The number of hydrogen-bond acceptors (Lipinski definition) is 2. The van der Waals surface area contributed by atoms with Crippen LogP contribution in [-0.4, -0.2) is 26.5 Å². The summed E-state index contributed by atoms with van der Waals surface area (Å²) < 4.78 is 1.00. The highest BCUT2D eigenvalue weighted by Crippen LogP contribution is 2.46. The molecule has 27 heavy (non-hydrogen) atoms. The lowest BCUT2D eigenvalue weighted by molar-refractivity contribution is 0.0546. The van der Waals surface area contributed by atoms with Crippen LogP contribution in [0.1, 0.15) is 48.4 Å². The number of carbonyl (C=O) groups is 1. The average molecular weight is 445 g/mol. The van der Waals surface area contributed by atoms with E-state index in [1.807, 2.05) is 41.3 Å². The molecule has 1 N–H and O–H groups in total. The van der Waals surface area contributed by atoms with E-state index in [-0.39, 0.29) is 17.5 Å². The van der Waals surface area contributed by atoms with Crippen LogP contribution < -0.4 is 0 Å². The van der Waals surface area contributed by atoms with E-state index in [2.05, 4.69) is 59.0 Å². The molecule has 0 aliphatic carbocycles. The van der Waals surface area contributed by atoms with Gasteiger partial charge >= 0.3 is 0 Å². The lowest BCUT2D eigenvalue weighted by atomic mass is 9.94. The van der Waals surface area contributed by atoms with Gasteiger partial charge in [0, 0.05) is 26.2 Å². The van der Waals surface area contributed by atoms with E-state index in [4.69, 9.17) is 11.6 Å². The van der Waals surface area contributed by atoms with Crippen molar-refractivity contribution in [2.45, 2.75) is 32.4 Å². The van der Waals surface area contributed by atoms with Crippen LogP contribution in [0.2, 0.25) is 5.02 Å². The monoisotopic (exact) mass is 443 g/mol. The molecule has 1 unspecified atom stereocenters. The second-order valence-electron chi connectivity index (χ2n) is 7.67. The van der Waals surface area contributed by atoms with E-state index < -0.39 is 0 Å². The lowest BCUT2D eigenvalue weighted by Gasteiger charge is -2.37. The van der Waals surface area contributed by atoms with Crippen LogP contribution in [0.3, 0.4) is 0 Å². The highest BCUT2D eigenvalue weighted by molar-refractivity contribution is 9.10. The minimum Gasteiger partial charge on any atom is -0.321 e. The fraction of sp³-hybridized carbons (Fsp3) is 0.238. The second kappa shape index (κ2) is 6.50. The molecule has 0 bridgehead atoms. The van der Waals surface area contributed by atoms with Gasteiger partial charge in [0.2, 0.25) is 0 Å². The quantitative estimate of drug-likeness (QED) is 0.540. The molecule has 3 aromatic rings. The Hall–Kier alpha value is -2.11. The van der Waals surface area contributed by atoms with E-state index in [9.17, 15) is 4.79 Å². The van der Waals surface area contributed by atoms with Crippen LogP contribution >= 0.6 is 27.5 Å². The van der Waals surface area contributed by atoms with Gasteiger partial charge in [-0.05, 0) is 50.6 Å². The minimum absolute atomic E-state index is 0.0295. The fourth-order valence-electron chi connectivity index (χ4n) is 3.63. The number of H-pyrrole nitrogens is 1. The molecule has 6 heteroatoms. The van der Waals surface area contributed by atoms with Gasteiger partial charge in [0.15, 0.2) is 0 Å². The molecule has 2 heterocycles. The smallest absolute Gasteiger partial charge is 0.273 e. The first-order chi connectivity index (χ1) is 12.8. The first-order valence-corrected chi connectivity index (χ1v) is 9.88. The molecule has 2 aromatic carbocycles. The van der Waals surface area contributed by atoms with Gasteiger partial charge in [0.25, 0.3) is 5.91 Å². The first-order valence-electron chi connectivity index (χ1n) is 8.70. The van der Waals surface area contributed by atoms with Crippen LogP contribution in [0.5, 0.6) is 0 Å². The molecule has 1 atom stereocenters. The number of halogens is 2. The van der Waals surface area contributed by atoms with Crippen LogP contribution in [-0.2, 0) is 0 Å². The molecule has 0 saturated heterocycles. The molecule has 4 nitrogen and oxygen atoms in total. The third-order valence-corrected chi connectivity index (χ3v) is 5.58. The van der Waals surface area contributed by atoms with E-state index >= 15 is 0 Å². The van der Waals surface area contributed by atoms with Gasteiger partial charge < -0.3 is 4.90 Å². The zero-order chi connectivity index (χ0) is 19.3. The Bertz CT molecular complexity index is 1000. The molecule has 1 aliphatic rings. The summed E-state index contributed by atoms with van der Waals surface area (Å²) in [5.74, 6) is -0.0295. The van der Waals surface area contributed by atoms with Gasteiger partial charge in [-0.1, -0.05) is 51.8 Å². The Morgan fingerprint density at radius 1 is 1.07 bits per heavy atom. The SMILES string of the molecule is CC(C)(C)N1C(=O)c2[nH]nc(-c3ccc(Cl)cc3)c2C1c1ccc(Br)cc1. The van der Waals surface area contributed by atoms with Crippen molar-refractivity contribution in [2.75, 3.05) is 0 Å². The van der Waals surface area contributed by atoms with Gasteiger partial charge in [0.1, 0.15) is 5.69 Å². The predicted molar refractivity (Wildman–Crippen MR) is 111 cm³/mol. The normalized spacial score (nSPS) is 16.7. The topological polar surface area (TPSA) is 49.0 Å². The van der Waals surface area contributed by atoms with Crippen molar-refractivity contribution in [1.82, 2.24) is 15.1 Å². The van der Waals surface area contributed by atoms with Crippen LogP contribution in [0, 0.1) is 0 Å². The van der Waals surface area contributed by atoms with Crippen molar-refractivity contribution < 1.29 is 4.79 Å². The first kappa shape index (κ1) is 18.3. The summed E-state index contributed by atoms with van der Waals surface area (Å²) in [6, 6.07) is 15.4. The van der Waals surface area contributed by atoms with Crippen molar-refractivity contribution in [3.63, 3.8) is 0 Å². The number of fused-ring (bicyclic) bond motifs is 1. The Balaban J connectivity index is 1.93. The number of carbonyl (C=O) groups excluding carboxylic acids is 1. The fourth-order valence-corrected chi connectivity index (χ4v) is 4.02. The van der Waals surface area contributed by atoms with E-state index in [0.717, 1.165) is 26.9 Å². The number of nitrogens with one attached hydrogen (secondary N) is 1. The Morgan fingerprint density at radius 2 is 1.70 bits per heavy atom. The average Bonchev–Trinajstić information content (AvgIpc) is 3.15. The Kier molecular flexibility index (Phi) is 4.40. The molecule has 0 radical (unpaired) electrons. The van der Waals surface area contributed by atoms with Crippen molar-refractivity contribution >= 4 is 33.4 Å². The largest absolute Gasteiger partial charge is 0.321 e. The molecular weight excluding hydrogens is 426 g/mol. The number of amides is 1. The van der Waals surface area contributed by atoms with Crippen molar-refractivity contribution in [3.8, 4) is 11.3 Å². The number of aromatic amines is 1. The maximum Gasteiger partial charge on any atom is 0.273 e. The molecule has 0 fully saturated rings. The van der Waals surface area contributed by atoms with Gasteiger partial charge in [-0.25, -0.2) is 0 Å². The lowest BCUT2D eigenvalue weighted by Crippen LogP contribution is -2.44. The zero-order valence-corrected chi connectivity index (χ0v) is 17.6.